The number of carboxylic acid groups (broad SMARTS) is 2. The van der Waals surface area contributed by atoms with Gasteiger partial charge in [0.05, 0.1) is 11.9 Å². The zero-order chi connectivity index (χ0) is 20.1. The number of carbonyl (C=O) groups is 2. The van der Waals surface area contributed by atoms with E-state index in [0.29, 0.717) is 0 Å². The zero-order valence-electron chi connectivity index (χ0n) is 17.0. The standard InChI is InChI=1S/2C11H14O2.Mg/c2*1-11(2,3)9-7-5-4-6-8(9)10(12)13;/h2*4-7H,1-3H3,(H,12,13);/q;;+2/p-2. The number of aromatic carboxylic acids is 2. The maximum Gasteiger partial charge on any atom is 2.00 e. The molecule has 0 bridgehead atoms. The Kier molecular flexibility index (Phi) is 9.22. The summed E-state index contributed by atoms with van der Waals surface area (Å²) in [5, 5.41) is 21.5. The van der Waals surface area contributed by atoms with E-state index in [4.69, 9.17) is 0 Å². The summed E-state index contributed by atoms with van der Waals surface area (Å²) < 4.78 is 0. The van der Waals surface area contributed by atoms with Crippen molar-refractivity contribution in [2.24, 2.45) is 0 Å². The van der Waals surface area contributed by atoms with Crippen LogP contribution in [0.2, 0.25) is 0 Å². The van der Waals surface area contributed by atoms with Crippen molar-refractivity contribution < 1.29 is 19.8 Å². The van der Waals surface area contributed by atoms with E-state index in [2.05, 4.69) is 0 Å². The van der Waals surface area contributed by atoms with Crippen molar-refractivity contribution in [1.82, 2.24) is 0 Å². The van der Waals surface area contributed by atoms with Crippen LogP contribution >= 0.6 is 0 Å². The molecule has 0 saturated heterocycles. The second-order valence-electron chi connectivity index (χ2n) is 8.17. The third kappa shape index (κ3) is 7.35. The Labute approximate surface area is 177 Å². The van der Waals surface area contributed by atoms with Crippen molar-refractivity contribution in [2.45, 2.75) is 52.4 Å². The molecule has 0 aliphatic heterocycles. The summed E-state index contributed by atoms with van der Waals surface area (Å²) in [6.07, 6.45) is 0. The third-order valence-electron chi connectivity index (χ3n) is 3.91. The summed E-state index contributed by atoms with van der Waals surface area (Å²) in [4.78, 5) is 21.5. The number of benzene rings is 2. The molecule has 0 aliphatic rings. The molecule has 0 spiro atoms. The van der Waals surface area contributed by atoms with Crippen molar-refractivity contribution in [3.63, 3.8) is 0 Å². The van der Waals surface area contributed by atoms with Gasteiger partial charge in [0.1, 0.15) is 0 Å². The molecule has 0 unspecified atom stereocenters. The molecule has 4 nitrogen and oxygen atoms in total. The quantitative estimate of drug-likeness (QED) is 0.751. The fraction of sp³-hybridized carbons (Fsp3) is 0.364. The average Bonchev–Trinajstić information content (AvgIpc) is 2.54. The van der Waals surface area contributed by atoms with E-state index < -0.39 is 11.9 Å². The first kappa shape index (κ1) is 25.1. The van der Waals surface area contributed by atoms with Gasteiger partial charge in [-0.3, -0.25) is 0 Å². The molecule has 140 valence electrons. The Morgan fingerprint density at radius 1 is 0.630 bits per heavy atom. The van der Waals surface area contributed by atoms with Gasteiger partial charge < -0.3 is 19.8 Å². The van der Waals surface area contributed by atoms with Crippen molar-refractivity contribution in [3.8, 4) is 0 Å². The molecule has 0 aromatic heterocycles. The van der Waals surface area contributed by atoms with Gasteiger partial charge in [-0.15, -0.1) is 0 Å². The molecule has 0 radical (unpaired) electrons. The van der Waals surface area contributed by atoms with E-state index in [0.717, 1.165) is 11.1 Å². The van der Waals surface area contributed by atoms with Crippen LogP contribution in [0.25, 0.3) is 0 Å². The van der Waals surface area contributed by atoms with E-state index >= 15 is 0 Å². The minimum absolute atomic E-state index is 0. The molecular weight excluding hydrogens is 353 g/mol. The second-order valence-corrected chi connectivity index (χ2v) is 8.17. The summed E-state index contributed by atoms with van der Waals surface area (Å²) in [6.45, 7) is 11.9. The number of carboxylic acids is 2. The molecule has 5 heteroatoms. The molecule has 0 saturated carbocycles. The average molecular weight is 379 g/mol. The van der Waals surface area contributed by atoms with Gasteiger partial charge in [0, 0.05) is 11.1 Å². The van der Waals surface area contributed by atoms with Gasteiger partial charge in [-0.1, -0.05) is 90.1 Å². The van der Waals surface area contributed by atoms with Gasteiger partial charge in [0.25, 0.3) is 0 Å². The Bertz CT molecular complexity index is 716. The van der Waals surface area contributed by atoms with Gasteiger partial charge in [0.2, 0.25) is 0 Å². The van der Waals surface area contributed by atoms with Crippen LogP contribution in [0.1, 0.15) is 73.4 Å². The van der Waals surface area contributed by atoms with E-state index in [-0.39, 0.29) is 45.0 Å². The smallest absolute Gasteiger partial charge is 0.545 e. The molecule has 0 heterocycles. The predicted molar refractivity (Wildman–Crippen MR) is 105 cm³/mol. The first-order valence-corrected chi connectivity index (χ1v) is 8.47. The van der Waals surface area contributed by atoms with Gasteiger partial charge in [-0.05, 0) is 22.0 Å². The Balaban J connectivity index is 0.000000483. The third-order valence-corrected chi connectivity index (χ3v) is 3.91. The van der Waals surface area contributed by atoms with Gasteiger partial charge in [-0.2, -0.15) is 0 Å². The van der Waals surface area contributed by atoms with Crippen LogP contribution in [0.3, 0.4) is 0 Å². The minimum Gasteiger partial charge on any atom is -0.545 e. The molecular formula is C22H26MgO4. The molecule has 0 aliphatic carbocycles. The second kappa shape index (κ2) is 9.90. The number of hydrogen-bond donors (Lipinski definition) is 0. The van der Waals surface area contributed by atoms with Crippen LogP contribution in [0.5, 0.6) is 0 Å². The SMILES string of the molecule is CC(C)(C)c1ccccc1C(=O)[O-].CC(C)(C)c1ccccc1C(=O)[O-].[Mg+2]. The van der Waals surface area contributed by atoms with Gasteiger partial charge in [-0.25, -0.2) is 0 Å². The summed E-state index contributed by atoms with van der Waals surface area (Å²) >= 11 is 0. The summed E-state index contributed by atoms with van der Waals surface area (Å²) in [5.41, 5.74) is 1.89. The van der Waals surface area contributed by atoms with E-state index in [1.54, 1.807) is 24.3 Å². The first-order valence-electron chi connectivity index (χ1n) is 8.47. The fourth-order valence-corrected chi connectivity index (χ4v) is 2.63. The fourth-order valence-electron chi connectivity index (χ4n) is 2.63. The van der Waals surface area contributed by atoms with Crippen molar-refractivity contribution in [3.05, 3.63) is 70.8 Å². The zero-order valence-corrected chi connectivity index (χ0v) is 18.4. The van der Waals surface area contributed by atoms with E-state index in [9.17, 15) is 19.8 Å². The molecule has 0 N–H and O–H groups in total. The monoisotopic (exact) mass is 378 g/mol. The summed E-state index contributed by atoms with van der Waals surface area (Å²) in [5.74, 6) is -2.21. The van der Waals surface area contributed by atoms with Crippen molar-refractivity contribution >= 4 is 35.0 Å². The maximum atomic E-state index is 10.8. The molecule has 0 atom stereocenters. The topological polar surface area (TPSA) is 80.3 Å². The first-order chi connectivity index (χ1) is 11.9. The normalized spacial score (nSPS) is 10.9. The summed E-state index contributed by atoms with van der Waals surface area (Å²) in [6, 6.07) is 13.9. The van der Waals surface area contributed by atoms with Gasteiger partial charge >= 0.3 is 23.1 Å². The van der Waals surface area contributed by atoms with Crippen LogP contribution in [0.15, 0.2) is 48.5 Å². The van der Waals surface area contributed by atoms with E-state index in [1.807, 2.05) is 65.8 Å². The molecule has 0 fully saturated rings. The Hall–Kier alpha value is -1.85. The minimum atomic E-state index is -1.11. The largest absolute Gasteiger partial charge is 2.00 e. The van der Waals surface area contributed by atoms with Crippen molar-refractivity contribution in [2.75, 3.05) is 0 Å². The Morgan fingerprint density at radius 3 is 1.07 bits per heavy atom. The van der Waals surface area contributed by atoms with Crippen LogP contribution in [-0.4, -0.2) is 35.0 Å². The molecule has 27 heavy (non-hydrogen) atoms. The molecule has 2 aromatic carbocycles. The van der Waals surface area contributed by atoms with Crippen molar-refractivity contribution in [1.29, 1.82) is 0 Å². The summed E-state index contributed by atoms with van der Waals surface area (Å²) in [7, 11) is 0. The Morgan fingerprint density at radius 2 is 0.889 bits per heavy atom. The maximum absolute atomic E-state index is 10.8. The number of hydrogen-bond acceptors (Lipinski definition) is 4. The van der Waals surface area contributed by atoms with Crippen LogP contribution in [-0.2, 0) is 10.8 Å². The number of rotatable bonds is 2. The van der Waals surface area contributed by atoms with Crippen LogP contribution in [0.4, 0.5) is 0 Å². The van der Waals surface area contributed by atoms with Crippen LogP contribution in [0, 0.1) is 0 Å². The van der Waals surface area contributed by atoms with E-state index in [1.165, 1.54) is 0 Å². The molecule has 2 rings (SSSR count). The predicted octanol–water partition coefficient (Wildman–Crippen LogP) is 2.31. The molecule has 0 amide bonds. The van der Waals surface area contributed by atoms with Gasteiger partial charge in [0.15, 0.2) is 0 Å². The number of carbonyl (C=O) groups excluding carboxylic acids is 2. The van der Waals surface area contributed by atoms with Crippen LogP contribution < -0.4 is 10.2 Å². The molecule has 2 aromatic rings.